The van der Waals surface area contributed by atoms with Crippen molar-refractivity contribution in [3.05, 3.63) is 52.3 Å². The summed E-state index contributed by atoms with van der Waals surface area (Å²) < 4.78 is 6.61. The molecule has 1 fully saturated rings. The molecule has 1 atom stereocenters. The fourth-order valence-electron chi connectivity index (χ4n) is 3.93. The van der Waals surface area contributed by atoms with E-state index in [0.29, 0.717) is 29.7 Å². The van der Waals surface area contributed by atoms with Crippen LogP contribution in [0.1, 0.15) is 42.2 Å². The van der Waals surface area contributed by atoms with Gasteiger partial charge in [-0.3, -0.25) is 9.69 Å². The molecule has 2 aromatic heterocycles. The Morgan fingerprint density at radius 3 is 2.97 bits per heavy atom. The van der Waals surface area contributed by atoms with E-state index < -0.39 is 0 Å². The number of rotatable bonds is 6. The smallest absolute Gasteiger partial charge is 0.270 e. The number of nitrogens with zero attached hydrogens (tertiary/aromatic N) is 2. The van der Waals surface area contributed by atoms with Gasteiger partial charge >= 0.3 is 0 Å². The maximum atomic E-state index is 12.8. The summed E-state index contributed by atoms with van der Waals surface area (Å²) >= 11 is 3.52. The van der Waals surface area contributed by atoms with Gasteiger partial charge in [-0.2, -0.15) is 0 Å². The number of carbonyl (C=O) groups excluding carboxylic acids is 1. The van der Waals surface area contributed by atoms with Crippen LogP contribution < -0.4 is 10.6 Å². The molecule has 1 aromatic carbocycles. The molecule has 30 heavy (non-hydrogen) atoms. The number of hydrogen-bond acceptors (Lipinski definition) is 5. The molecule has 1 amide bonds. The topological polar surface area (TPSA) is 70.4 Å². The quantitative estimate of drug-likeness (QED) is 0.514. The van der Waals surface area contributed by atoms with Gasteiger partial charge in [0.25, 0.3) is 5.91 Å². The third-order valence-corrected chi connectivity index (χ3v) is 6.62. The van der Waals surface area contributed by atoms with Crippen molar-refractivity contribution in [2.75, 3.05) is 25.0 Å². The van der Waals surface area contributed by atoms with E-state index in [4.69, 9.17) is 4.42 Å². The summed E-state index contributed by atoms with van der Waals surface area (Å²) in [7, 11) is 0. The van der Waals surface area contributed by atoms with Gasteiger partial charge in [0.05, 0.1) is 11.6 Å². The summed E-state index contributed by atoms with van der Waals surface area (Å²) in [6.45, 7) is 6.86. The molecule has 0 bridgehead atoms. The summed E-state index contributed by atoms with van der Waals surface area (Å²) in [5.74, 6) is 0.422. The van der Waals surface area contributed by atoms with E-state index in [1.165, 1.54) is 19.3 Å². The third-order valence-electron chi connectivity index (χ3n) is 5.73. The molecule has 0 unspecified atom stereocenters. The molecule has 6 nitrogen and oxygen atoms in total. The summed E-state index contributed by atoms with van der Waals surface area (Å²) in [4.78, 5) is 19.8. The molecule has 7 heteroatoms. The number of halogens is 1. The number of fused-ring (bicyclic) bond motifs is 1. The Morgan fingerprint density at radius 2 is 2.17 bits per heavy atom. The van der Waals surface area contributed by atoms with Gasteiger partial charge in [-0.15, -0.1) is 0 Å². The normalized spacial score (nSPS) is 17.2. The number of anilines is 2. The highest BCUT2D eigenvalue weighted by molar-refractivity contribution is 9.10. The number of pyridine rings is 1. The molecule has 1 saturated heterocycles. The predicted octanol–water partition coefficient (Wildman–Crippen LogP) is 5.25. The zero-order chi connectivity index (χ0) is 21.1. The fourth-order valence-corrected chi connectivity index (χ4v) is 4.18. The Bertz CT molecular complexity index is 1050. The van der Waals surface area contributed by atoms with E-state index in [-0.39, 0.29) is 5.91 Å². The predicted molar refractivity (Wildman–Crippen MR) is 123 cm³/mol. The molecular formula is C23H27BrN4O2. The second kappa shape index (κ2) is 9.18. The van der Waals surface area contributed by atoms with Gasteiger partial charge in [0.2, 0.25) is 0 Å². The average molecular weight is 471 g/mol. The van der Waals surface area contributed by atoms with E-state index >= 15 is 0 Å². The number of benzene rings is 1. The van der Waals surface area contributed by atoms with Gasteiger partial charge in [0, 0.05) is 35.4 Å². The molecule has 0 saturated carbocycles. The molecule has 3 heterocycles. The number of furan rings is 1. The van der Waals surface area contributed by atoms with Crippen LogP contribution in [-0.2, 0) is 0 Å². The van der Waals surface area contributed by atoms with Crippen molar-refractivity contribution >= 4 is 44.3 Å². The minimum Gasteiger partial charge on any atom is -0.464 e. The van der Waals surface area contributed by atoms with Crippen molar-refractivity contribution in [2.24, 2.45) is 0 Å². The van der Waals surface area contributed by atoms with Crippen LogP contribution in [0.4, 0.5) is 11.5 Å². The fraction of sp³-hybridized carbons (Fsp3) is 0.391. The van der Waals surface area contributed by atoms with E-state index in [1.54, 1.807) is 12.3 Å². The standard InChI is InChI=1S/C23H27BrN4O2/c1-15-13-17(6-7-19(15)24)26-22-18-8-12-30-21(18)14-20(27-22)23(29)25-9-11-28-10-4-3-5-16(28)2/h6-8,12-14,16H,3-5,9-11H2,1-2H3,(H,25,29)(H,26,27)/t16-/m0/s1. The Balaban J connectivity index is 1.48. The minimum atomic E-state index is -0.187. The van der Waals surface area contributed by atoms with Crippen molar-refractivity contribution in [3.8, 4) is 0 Å². The van der Waals surface area contributed by atoms with E-state index in [9.17, 15) is 4.79 Å². The first-order valence-electron chi connectivity index (χ1n) is 10.4. The maximum Gasteiger partial charge on any atom is 0.270 e. The number of aromatic nitrogens is 1. The van der Waals surface area contributed by atoms with Gasteiger partial charge in [-0.25, -0.2) is 4.98 Å². The number of piperidine rings is 1. The first-order valence-corrected chi connectivity index (χ1v) is 11.2. The molecule has 0 radical (unpaired) electrons. The van der Waals surface area contributed by atoms with Crippen molar-refractivity contribution in [1.82, 2.24) is 15.2 Å². The van der Waals surface area contributed by atoms with Gasteiger partial charge in [0.15, 0.2) is 0 Å². The Kier molecular flexibility index (Phi) is 6.39. The summed E-state index contributed by atoms with van der Waals surface area (Å²) in [6.07, 6.45) is 5.38. The summed E-state index contributed by atoms with van der Waals surface area (Å²) in [6, 6.07) is 10.1. The molecule has 0 aliphatic carbocycles. The minimum absolute atomic E-state index is 0.187. The second-order valence-electron chi connectivity index (χ2n) is 7.91. The SMILES string of the molecule is Cc1cc(Nc2nc(C(=O)NCCN3CCCC[C@@H]3C)cc3occc23)ccc1Br. The number of nitrogens with one attached hydrogen (secondary N) is 2. The van der Waals surface area contributed by atoms with Crippen molar-refractivity contribution in [2.45, 2.75) is 39.2 Å². The van der Waals surface area contributed by atoms with Crippen molar-refractivity contribution < 1.29 is 9.21 Å². The Morgan fingerprint density at radius 1 is 1.30 bits per heavy atom. The van der Waals surface area contributed by atoms with Gasteiger partial charge in [-0.05, 0) is 63.1 Å². The molecule has 0 spiro atoms. The number of aryl methyl sites for hydroxylation is 1. The molecule has 4 rings (SSSR count). The Labute approximate surface area is 185 Å². The highest BCUT2D eigenvalue weighted by Crippen LogP contribution is 2.28. The van der Waals surface area contributed by atoms with Gasteiger partial charge in [0.1, 0.15) is 17.1 Å². The lowest BCUT2D eigenvalue weighted by Crippen LogP contribution is -2.42. The zero-order valence-corrected chi connectivity index (χ0v) is 19.0. The molecule has 1 aliphatic rings. The number of amides is 1. The largest absolute Gasteiger partial charge is 0.464 e. The first kappa shape index (κ1) is 20.9. The Hall–Kier alpha value is -2.38. The van der Waals surface area contributed by atoms with Crippen LogP contribution in [0.3, 0.4) is 0 Å². The van der Waals surface area contributed by atoms with Gasteiger partial charge in [-0.1, -0.05) is 22.4 Å². The highest BCUT2D eigenvalue weighted by Gasteiger charge is 2.19. The van der Waals surface area contributed by atoms with Crippen molar-refractivity contribution in [1.29, 1.82) is 0 Å². The lowest BCUT2D eigenvalue weighted by Gasteiger charge is -2.33. The highest BCUT2D eigenvalue weighted by atomic mass is 79.9. The molecule has 1 aliphatic heterocycles. The first-order chi connectivity index (χ1) is 14.5. The van der Waals surface area contributed by atoms with Crippen LogP contribution in [0.2, 0.25) is 0 Å². The third kappa shape index (κ3) is 4.68. The van der Waals surface area contributed by atoms with E-state index in [2.05, 4.69) is 43.4 Å². The number of likely N-dealkylation sites (tertiary alicyclic amines) is 1. The van der Waals surface area contributed by atoms with Crippen LogP contribution in [0.15, 0.2) is 45.5 Å². The molecule has 158 valence electrons. The molecule has 3 aromatic rings. The summed E-state index contributed by atoms with van der Waals surface area (Å²) in [5, 5.41) is 7.18. The van der Waals surface area contributed by atoms with Crippen LogP contribution in [0.25, 0.3) is 11.0 Å². The van der Waals surface area contributed by atoms with E-state index in [1.807, 2.05) is 31.2 Å². The maximum absolute atomic E-state index is 12.8. The van der Waals surface area contributed by atoms with Crippen LogP contribution in [0, 0.1) is 6.92 Å². The lowest BCUT2D eigenvalue weighted by atomic mass is 10.0. The van der Waals surface area contributed by atoms with Crippen LogP contribution >= 0.6 is 15.9 Å². The summed E-state index contributed by atoms with van der Waals surface area (Å²) in [5.41, 5.74) is 3.00. The lowest BCUT2D eigenvalue weighted by molar-refractivity contribution is 0.0933. The zero-order valence-electron chi connectivity index (χ0n) is 17.4. The monoisotopic (exact) mass is 470 g/mol. The average Bonchev–Trinajstić information content (AvgIpc) is 3.21. The van der Waals surface area contributed by atoms with Crippen LogP contribution in [-0.4, -0.2) is 41.5 Å². The van der Waals surface area contributed by atoms with Crippen LogP contribution in [0.5, 0.6) is 0 Å². The van der Waals surface area contributed by atoms with Gasteiger partial charge < -0.3 is 15.1 Å². The number of carbonyl (C=O) groups is 1. The van der Waals surface area contributed by atoms with E-state index in [0.717, 1.165) is 34.2 Å². The molecular weight excluding hydrogens is 444 g/mol. The molecule has 2 N–H and O–H groups in total. The number of hydrogen-bond donors (Lipinski definition) is 2. The second-order valence-corrected chi connectivity index (χ2v) is 8.77. The van der Waals surface area contributed by atoms with Crippen molar-refractivity contribution in [3.63, 3.8) is 0 Å².